The summed E-state index contributed by atoms with van der Waals surface area (Å²) in [6.07, 6.45) is 3.46. The molecular weight excluding hydrogens is 236 g/mol. The molecule has 0 fully saturated rings. The average molecular weight is 252 g/mol. The molecular formula is C15H16N4. The van der Waals surface area contributed by atoms with Gasteiger partial charge in [-0.05, 0) is 29.7 Å². The van der Waals surface area contributed by atoms with Gasteiger partial charge in [-0.25, -0.2) is 4.98 Å². The number of hydrogen-bond donors (Lipinski definition) is 1. The number of hydrogen-bond acceptors (Lipinski definition) is 4. The number of anilines is 1. The van der Waals surface area contributed by atoms with Crippen LogP contribution < -0.4 is 5.73 Å². The molecule has 4 nitrogen and oxygen atoms in total. The lowest BCUT2D eigenvalue weighted by atomic mass is 9.91. The molecule has 0 aliphatic heterocycles. The van der Waals surface area contributed by atoms with E-state index in [2.05, 4.69) is 16.0 Å². The van der Waals surface area contributed by atoms with Crippen LogP contribution in [0.4, 0.5) is 5.82 Å². The van der Waals surface area contributed by atoms with Gasteiger partial charge in [-0.3, -0.25) is 4.98 Å². The zero-order valence-electron chi connectivity index (χ0n) is 11.0. The van der Waals surface area contributed by atoms with E-state index in [1.807, 2.05) is 32.0 Å². The summed E-state index contributed by atoms with van der Waals surface area (Å²) in [6, 6.07) is 9.81. The quantitative estimate of drug-likeness (QED) is 0.911. The number of nitrogens with zero attached hydrogens (tertiary/aromatic N) is 3. The van der Waals surface area contributed by atoms with Crippen LogP contribution in [0.5, 0.6) is 0 Å². The molecule has 0 saturated heterocycles. The van der Waals surface area contributed by atoms with Crippen LogP contribution in [0.3, 0.4) is 0 Å². The number of nitrogens with two attached hydrogens (primary N) is 1. The van der Waals surface area contributed by atoms with Crippen molar-refractivity contribution < 1.29 is 0 Å². The largest absolute Gasteiger partial charge is 0.384 e. The Hall–Kier alpha value is -2.41. The number of pyridine rings is 2. The van der Waals surface area contributed by atoms with Crippen molar-refractivity contribution in [2.45, 2.75) is 19.8 Å². The van der Waals surface area contributed by atoms with E-state index in [0.717, 1.165) is 16.8 Å². The molecule has 2 rings (SSSR count). The monoisotopic (exact) mass is 252 g/mol. The van der Waals surface area contributed by atoms with Crippen LogP contribution in [-0.4, -0.2) is 9.97 Å². The minimum Gasteiger partial charge on any atom is -0.384 e. The Balaban J connectivity index is 2.28. The Morgan fingerprint density at radius 2 is 1.89 bits per heavy atom. The van der Waals surface area contributed by atoms with Crippen molar-refractivity contribution in [3.05, 3.63) is 42.2 Å². The summed E-state index contributed by atoms with van der Waals surface area (Å²) in [5, 5.41) is 9.17. The molecule has 2 aromatic rings. The Morgan fingerprint density at radius 1 is 1.11 bits per heavy atom. The molecule has 0 aliphatic rings. The van der Waals surface area contributed by atoms with Gasteiger partial charge in [0.1, 0.15) is 5.82 Å². The Kier molecular flexibility index (Phi) is 3.76. The molecule has 0 bridgehead atoms. The third-order valence-corrected chi connectivity index (χ3v) is 3.03. The van der Waals surface area contributed by atoms with Crippen LogP contribution in [0.25, 0.3) is 11.3 Å². The highest BCUT2D eigenvalue weighted by atomic mass is 14.8. The first-order chi connectivity index (χ1) is 9.11. The number of nitriles is 1. The van der Waals surface area contributed by atoms with Gasteiger partial charge in [0.25, 0.3) is 0 Å². The second-order valence-corrected chi connectivity index (χ2v) is 4.80. The Morgan fingerprint density at radius 3 is 2.37 bits per heavy atom. The van der Waals surface area contributed by atoms with E-state index in [1.165, 1.54) is 0 Å². The SMILES string of the molecule is CC(C)[C@@H](C#N)c1ccc(-c2ccc(N)nc2)nc1. The van der Waals surface area contributed by atoms with Crippen molar-refractivity contribution in [3.63, 3.8) is 0 Å². The van der Waals surface area contributed by atoms with Crippen molar-refractivity contribution in [3.8, 4) is 17.3 Å². The highest BCUT2D eigenvalue weighted by molar-refractivity contribution is 5.59. The van der Waals surface area contributed by atoms with Crippen LogP contribution in [0.2, 0.25) is 0 Å². The fraction of sp³-hybridized carbons (Fsp3) is 0.267. The predicted octanol–water partition coefficient (Wildman–Crippen LogP) is 2.99. The molecule has 0 saturated carbocycles. The fourth-order valence-electron chi connectivity index (χ4n) is 1.93. The van der Waals surface area contributed by atoms with Gasteiger partial charge in [0.2, 0.25) is 0 Å². The lowest BCUT2D eigenvalue weighted by Gasteiger charge is -2.13. The van der Waals surface area contributed by atoms with Crippen LogP contribution in [-0.2, 0) is 0 Å². The Labute approximate surface area is 112 Å². The van der Waals surface area contributed by atoms with Gasteiger partial charge >= 0.3 is 0 Å². The minimum atomic E-state index is -0.119. The molecule has 96 valence electrons. The third-order valence-electron chi connectivity index (χ3n) is 3.03. The summed E-state index contributed by atoms with van der Waals surface area (Å²) in [5.74, 6) is 0.645. The molecule has 1 atom stereocenters. The van der Waals surface area contributed by atoms with E-state index in [-0.39, 0.29) is 11.8 Å². The standard InChI is InChI=1S/C15H16N4/c1-10(2)13(7-16)11-3-5-14(18-8-11)12-4-6-15(17)19-9-12/h3-6,8-10,13H,1-2H3,(H2,17,19)/t13-/m1/s1. The topological polar surface area (TPSA) is 75.6 Å². The molecule has 2 aromatic heterocycles. The minimum absolute atomic E-state index is 0.119. The van der Waals surface area contributed by atoms with Gasteiger partial charge in [-0.15, -0.1) is 0 Å². The summed E-state index contributed by atoms with van der Waals surface area (Å²) < 4.78 is 0. The first kappa shape index (κ1) is 13.0. The maximum atomic E-state index is 9.17. The van der Waals surface area contributed by atoms with E-state index in [9.17, 15) is 0 Å². The van der Waals surface area contributed by atoms with Gasteiger partial charge in [0, 0.05) is 18.0 Å². The second-order valence-electron chi connectivity index (χ2n) is 4.80. The Bertz CT molecular complexity index is 579. The summed E-state index contributed by atoms with van der Waals surface area (Å²) in [5.41, 5.74) is 8.25. The normalized spacial score (nSPS) is 12.1. The molecule has 2 N–H and O–H groups in total. The van der Waals surface area contributed by atoms with Gasteiger partial charge in [0.15, 0.2) is 0 Å². The van der Waals surface area contributed by atoms with Crippen LogP contribution >= 0.6 is 0 Å². The molecule has 2 heterocycles. The molecule has 0 radical (unpaired) electrons. The smallest absolute Gasteiger partial charge is 0.123 e. The van der Waals surface area contributed by atoms with Gasteiger partial charge < -0.3 is 5.73 Å². The molecule has 0 spiro atoms. The molecule has 4 heteroatoms. The maximum absolute atomic E-state index is 9.17. The first-order valence-electron chi connectivity index (χ1n) is 6.19. The lowest BCUT2D eigenvalue weighted by molar-refractivity contribution is 0.586. The van der Waals surface area contributed by atoms with Gasteiger partial charge in [-0.2, -0.15) is 5.26 Å². The summed E-state index contributed by atoms with van der Waals surface area (Å²) in [7, 11) is 0. The fourth-order valence-corrected chi connectivity index (χ4v) is 1.93. The van der Waals surface area contributed by atoms with Crippen LogP contribution in [0, 0.1) is 17.2 Å². The van der Waals surface area contributed by atoms with Crippen molar-refractivity contribution in [2.24, 2.45) is 5.92 Å². The summed E-state index contributed by atoms with van der Waals surface area (Å²) in [6.45, 7) is 4.07. The van der Waals surface area contributed by atoms with E-state index < -0.39 is 0 Å². The van der Waals surface area contributed by atoms with Crippen molar-refractivity contribution in [1.29, 1.82) is 5.26 Å². The van der Waals surface area contributed by atoms with Gasteiger partial charge in [0.05, 0.1) is 17.7 Å². The molecule has 0 aromatic carbocycles. The van der Waals surface area contributed by atoms with Crippen LogP contribution in [0.15, 0.2) is 36.7 Å². The molecule has 19 heavy (non-hydrogen) atoms. The number of nitrogen functional groups attached to an aromatic ring is 1. The highest BCUT2D eigenvalue weighted by Gasteiger charge is 2.15. The second kappa shape index (κ2) is 5.49. The molecule has 0 amide bonds. The predicted molar refractivity (Wildman–Crippen MR) is 75.1 cm³/mol. The average Bonchev–Trinajstić information content (AvgIpc) is 2.41. The van der Waals surface area contributed by atoms with Crippen molar-refractivity contribution >= 4 is 5.82 Å². The lowest BCUT2D eigenvalue weighted by Crippen LogP contribution is -2.04. The number of rotatable bonds is 3. The van der Waals surface area contributed by atoms with E-state index in [0.29, 0.717) is 5.82 Å². The molecule has 0 unspecified atom stereocenters. The maximum Gasteiger partial charge on any atom is 0.123 e. The first-order valence-corrected chi connectivity index (χ1v) is 6.19. The zero-order valence-corrected chi connectivity index (χ0v) is 11.0. The zero-order chi connectivity index (χ0) is 13.8. The summed E-state index contributed by atoms with van der Waals surface area (Å²) in [4.78, 5) is 8.44. The van der Waals surface area contributed by atoms with Crippen LogP contribution in [0.1, 0.15) is 25.3 Å². The van der Waals surface area contributed by atoms with E-state index >= 15 is 0 Å². The molecule has 0 aliphatic carbocycles. The third kappa shape index (κ3) is 2.89. The van der Waals surface area contributed by atoms with Crippen molar-refractivity contribution in [1.82, 2.24) is 9.97 Å². The number of aromatic nitrogens is 2. The van der Waals surface area contributed by atoms with Gasteiger partial charge in [-0.1, -0.05) is 19.9 Å². The van der Waals surface area contributed by atoms with E-state index in [1.54, 1.807) is 18.5 Å². The summed E-state index contributed by atoms with van der Waals surface area (Å²) >= 11 is 0. The van der Waals surface area contributed by atoms with Crippen molar-refractivity contribution in [2.75, 3.05) is 5.73 Å². The van der Waals surface area contributed by atoms with E-state index in [4.69, 9.17) is 11.0 Å². The highest BCUT2D eigenvalue weighted by Crippen LogP contribution is 2.25.